The number of fused-ring (bicyclic) bond motifs is 1. The van der Waals surface area contributed by atoms with Crippen LogP contribution in [0, 0.1) is 5.92 Å². The number of aromatic amines is 1. The molecule has 5 nitrogen and oxygen atoms in total. The largest absolute Gasteiger partial charge is 0.365 e. The molecule has 1 aliphatic rings. The summed E-state index contributed by atoms with van der Waals surface area (Å²) in [5.74, 6) is 1.75. The Labute approximate surface area is 100 Å². The molecule has 90 valence electrons. The maximum Gasteiger partial charge on any atom is 0.182 e. The predicted octanol–water partition coefficient (Wildman–Crippen LogP) is 2.34. The van der Waals surface area contributed by atoms with Crippen molar-refractivity contribution in [3.05, 3.63) is 12.7 Å². The Morgan fingerprint density at radius 2 is 2.00 bits per heavy atom. The van der Waals surface area contributed by atoms with Crippen LogP contribution in [0.2, 0.25) is 0 Å². The highest BCUT2D eigenvalue weighted by Gasteiger charge is 2.19. The number of nitrogens with one attached hydrogen (secondary N) is 2. The molecule has 2 aromatic heterocycles. The first-order chi connectivity index (χ1) is 8.33. The molecule has 0 atom stereocenters. The van der Waals surface area contributed by atoms with Gasteiger partial charge in [-0.05, 0) is 31.6 Å². The van der Waals surface area contributed by atoms with Gasteiger partial charge in [0.05, 0.1) is 6.33 Å². The van der Waals surface area contributed by atoms with Gasteiger partial charge < -0.3 is 10.3 Å². The molecule has 2 heterocycles. The molecule has 0 radical (unpaired) electrons. The fourth-order valence-corrected chi connectivity index (χ4v) is 2.47. The average molecular weight is 231 g/mol. The van der Waals surface area contributed by atoms with Crippen LogP contribution in [0.1, 0.15) is 32.6 Å². The summed E-state index contributed by atoms with van der Waals surface area (Å²) in [6, 6.07) is 0.535. The van der Waals surface area contributed by atoms with E-state index in [9.17, 15) is 0 Å². The molecule has 0 aromatic carbocycles. The van der Waals surface area contributed by atoms with E-state index in [0.29, 0.717) is 6.04 Å². The molecular weight excluding hydrogens is 214 g/mol. The van der Waals surface area contributed by atoms with Crippen LogP contribution in [0.15, 0.2) is 12.7 Å². The van der Waals surface area contributed by atoms with Crippen LogP contribution in [0.25, 0.3) is 11.2 Å². The van der Waals surface area contributed by atoms with Crippen molar-refractivity contribution in [2.75, 3.05) is 5.32 Å². The zero-order valence-electron chi connectivity index (χ0n) is 9.98. The fraction of sp³-hybridized carbons (Fsp3) is 0.583. The normalized spacial score (nSPS) is 25.0. The molecule has 0 amide bonds. The first-order valence-electron chi connectivity index (χ1n) is 6.23. The minimum Gasteiger partial charge on any atom is -0.365 e. The van der Waals surface area contributed by atoms with Gasteiger partial charge in [-0.1, -0.05) is 6.92 Å². The lowest BCUT2D eigenvalue weighted by molar-refractivity contribution is 0.361. The highest BCUT2D eigenvalue weighted by Crippen LogP contribution is 2.26. The van der Waals surface area contributed by atoms with Crippen molar-refractivity contribution in [2.45, 2.75) is 38.6 Å². The van der Waals surface area contributed by atoms with Crippen molar-refractivity contribution < 1.29 is 0 Å². The molecule has 0 spiro atoms. The van der Waals surface area contributed by atoms with Crippen molar-refractivity contribution in [1.29, 1.82) is 0 Å². The van der Waals surface area contributed by atoms with Crippen LogP contribution in [0.5, 0.6) is 0 Å². The summed E-state index contributed by atoms with van der Waals surface area (Å²) >= 11 is 0. The van der Waals surface area contributed by atoms with Gasteiger partial charge in [0.25, 0.3) is 0 Å². The monoisotopic (exact) mass is 231 g/mol. The molecule has 2 N–H and O–H groups in total. The zero-order valence-corrected chi connectivity index (χ0v) is 9.98. The number of hydrogen-bond acceptors (Lipinski definition) is 4. The van der Waals surface area contributed by atoms with Crippen LogP contribution in [0.4, 0.5) is 5.82 Å². The summed E-state index contributed by atoms with van der Waals surface area (Å²) in [6.45, 7) is 2.33. The Bertz CT molecular complexity index is 498. The maximum atomic E-state index is 4.30. The van der Waals surface area contributed by atoms with Crippen LogP contribution in [0.3, 0.4) is 0 Å². The number of aromatic nitrogens is 4. The van der Waals surface area contributed by atoms with E-state index >= 15 is 0 Å². The summed E-state index contributed by atoms with van der Waals surface area (Å²) in [4.78, 5) is 15.6. The van der Waals surface area contributed by atoms with Gasteiger partial charge in [-0.25, -0.2) is 15.0 Å². The molecular formula is C12H17N5. The van der Waals surface area contributed by atoms with E-state index in [1.807, 2.05) is 0 Å². The first-order valence-corrected chi connectivity index (χ1v) is 6.23. The topological polar surface area (TPSA) is 66.5 Å². The van der Waals surface area contributed by atoms with Gasteiger partial charge in [0, 0.05) is 6.04 Å². The zero-order chi connectivity index (χ0) is 11.7. The Balaban J connectivity index is 1.78. The van der Waals surface area contributed by atoms with E-state index in [2.05, 4.69) is 32.2 Å². The lowest BCUT2D eigenvalue weighted by atomic mass is 9.87. The Morgan fingerprint density at radius 3 is 2.82 bits per heavy atom. The molecule has 1 aliphatic carbocycles. The summed E-state index contributed by atoms with van der Waals surface area (Å²) in [5, 5.41) is 3.51. The summed E-state index contributed by atoms with van der Waals surface area (Å²) in [5.41, 5.74) is 1.64. The van der Waals surface area contributed by atoms with Crippen LogP contribution >= 0.6 is 0 Å². The van der Waals surface area contributed by atoms with E-state index < -0.39 is 0 Å². The minimum absolute atomic E-state index is 0.535. The quantitative estimate of drug-likeness (QED) is 0.832. The van der Waals surface area contributed by atoms with Crippen molar-refractivity contribution in [3.63, 3.8) is 0 Å². The third-order valence-corrected chi connectivity index (χ3v) is 3.58. The molecule has 2 aromatic rings. The van der Waals surface area contributed by atoms with E-state index in [-0.39, 0.29) is 0 Å². The lowest BCUT2D eigenvalue weighted by Crippen LogP contribution is -2.25. The second-order valence-corrected chi connectivity index (χ2v) is 4.92. The highest BCUT2D eigenvalue weighted by atomic mass is 15.1. The lowest BCUT2D eigenvalue weighted by Gasteiger charge is -2.27. The van der Waals surface area contributed by atoms with E-state index in [4.69, 9.17) is 0 Å². The summed E-state index contributed by atoms with van der Waals surface area (Å²) in [7, 11) is 0. The van der Waals surface area contributed by atoms with Crippen LogP contribution < -0.4 is 5.32 Å². The molecule has 0 aliphatic heterocycles. The average Bonchev–Trinajstić information content (AvgIpc) is 2.81. The molecule has 1 fully saturated rings. The first kappa shape index (κ1) is 10.5. The van der Waals surface area contributed by atoms with Gasteiger partial charge in [-0.15, -0.1) is 0 Å². The van der Waals surface area contributed by atoms with Crippen LogP contribution in [-0.4, -0.2) is 26.0 Å². The number of nitrogens with zero attached hydrogens (tertiary/aromatic N) is 3. The highest BCUT2D eigenvalue weighted by molar-refractivity contribution is 5.82. The predicted molar refractivity (Wildman–Crippen MR) is 66.7 cm³/mol. The van der Waals surface area contributed by atoms with Gasteiger partial charge in [0.2, 0.25) is 0 Å². The molecule has 0 bridgehead atoms. The summed E-state index contributed by atoms with van der Waals surface area (Å²) < 4.78 is 0. The Morgan fingerprint density at radius 1 is 1.18 bits per heavy atom. The smallest absolute Gasteiger partial charge is 0.182 e. The van der Waals surface area contributed by atoms with Gasteiger partial charge >= 0.3 is 0 Å². The van der Waals surface area contributed by atoms with Gasteiger partial charge in [-0.2, -0.15) is 0 Å². The minimum atomic E-state index is 0.535. The molecule has 3 rings (SSSR count). The summed E-state index contributed by atoms with van der Waals surface area (Å²) in [6.07, 6.45) is 8.27. The molecule has 17 heavy (non-hydrogen) atoms. The Hall–Kier alpha value is -1.65. The van der Waals surface area contributed by atoms with Crippen molar-refractivity contribution in [2.24, 2.45) is 5.92 Å². The molecule has 5 heteroatoms. The van der Waals surface area contributed by atoms with E-state index in [0.717, 1.165) is 22.9 Å². The molecule has 0 saturated heterocycles. The second kappa shape index (κ2) is 4.31. The van der Waals surface area contributed by atoms with Gasteiger partial charge in [-0.3, -0.25) is 0 Å². The number of anilines is 1. The maximum absolute atomic E-state index is 4.30. The number of imidazole rings is 1. The molecule has 0 unspecified atom stereocenters. The SMILES string of the molecule is CC1CCC(Nc2ncnc3nc[nH]c23)CC1. The third kappa shape index (κ3) is 2.09. The standard InChI is InChI=1S/C12H17N5/c1-8-2-4-9(5-3-8)17-12-10-11(14-6-13-10)15-7-16-12/h6-9H,2-5H2,1H3,(H2,13,14,15,16,17). The van der Waals surface area contributed by atoms with Gasteiger partial charge in [0.15, 0.2) is 11.5 Å². The second-order valence-electron chi connectivity index (χ2n) is 4.92. The number of rotatable bonds is 2. The molecule has 1 saturated carbocycles. The fourth-order valence-electron chi connectivity index (χ4n) is 2.47. The van der Waals surface area contributed by atoms with Crippen LogP contribution in [-0.2, 0) is 0 Å². The number of hydrogen-bond donors (Lipinski definition) is 2. The van der Waals surface area contributed by atoms with E-state index in [1.54, 1.807) is 12.7 Å². The van der Waals surface area contributed by atoms with Gasteiger partial charge in [0.1, 0.15) is 11.8 Å². The third-order valence-electron chi connectivity index (χ3n) is 3.58. The van der Waals surface area contributed by atoms with Crippen molar-refractivity contribution >= 4 is 17.0 Å². The van der Waals surface area contributed by atoms with E-state index in [1.165, 1.54) is 25.7 Å². The Kier molecular flexibility index (Phi) is 2.66. The number of H-pyrrole nitrogens is 1. The van der Waals surface area contributed by atoms with Crippen molar-refractivity contribution in [3.8, 4) is 0 Å². The van der Waals surface area contributed by atoms with Crippen molar-refractivity contribution in [1.82, 2.24) is 19.9 Å².